The first-order valence-corrected chi connectivity index (χ1v) is 8.67. The van der Waals surface area contributed by atoms with E-state index < -0.39 is 21.2 Å². The van der Waals surface area contributed by atoms with Gasteiger partial charge in [-0.25, -0.2) is 8.42 Å². The van der Waals surface area contributed by atoms with Gasteiger partial charge in [-0.05, 0) is 24.1 Å². The topological polar surface area (TPSA) is 60.4 Å². The van der Waals surface area contributed by atoms with Gasteiger partial charge in [-0.2, -0.15) is 0 Å². The minimum atomic E-state index is -3.56. The van der Waals surface area contributed by atoms with Gasteiger partial charge in [-0.15, -0.1) is 0 Å². The van der Waals surface area contributed by atoms with Crippen LogP contribution in [0.1, 0.15) is 24.5 Å². The van der Waals surface area contributed by atoms with E-state index in [4.69, 9.17) is 4.74 Å². The molecule has 0 unspecified atom stereocenters. The molecule has 1 aliphatic heterocycles. The molecule has 22 heavy (non-hydrogen) atoms. The highest BCUT2D eigenvalue weighted by Crippen LogP contribution is 2.36. The molecule has 3 rings (SSSR count). The van der Waals surface area contributed by atoms with E-state index in [9.17, 15) is 13.2 Å². The molecule has 0 N–H and O–H groups in total. The van der Waals surface area contributed by atoms with Crippen LogP contribution >= 0.6 is 0 Å². The van der Waals surface area contributed by atoms with Gasteiger partial charge in [0.25, 0.3) is 0 Å². The van der Waals surface area contributed by atoms with E-state index in [1.165, 1.54) is 0 Å². The Morgan fingerprint density at radius 1 is 0.909 bits per heavy atom. The predicted octanol–water partition coefficient (Wildman–Crippen LogP) is 2.91. The van der Waals surface area contributed by atoms with Gasteiger partial charge in [0.05, 0.1) is 4.90 Å². The number of cyclic esters (lactones) is 1. The zero-order chi connectivity index (χ0) is 15.6. The van der Waals surface area contributed by atoms with E-state index in [1.807, 2.05) is 18.2 Å². The molecule has 5 heteroatoms. The normalized spacial score (nSPS) is 22.1. The van der Waals surface area contributed by atoms with Gasteiger partial charge in [0.2, 0.25) is 0 Å². The van der Waals surface area contributed by atoms with Crippen molar-refractivity contribution in [3.05, 3.63) is 66.2 Å². The molecule has 0 spiro atoms. The molecule has 2 aromatic carbocycles. The van der Waals surface area contributed by atoms with E-state index in [2.05, 4.69) is 0 Å². The largest absolute Gasteiger partial charge is 0.456 e. The molecule has 2 atom stereocenters. The van der Waals surface area contributed by atoms with E-state index in [0.29, 0.717) is 5.56 Å². The Bertz CT molecular complexity index is 754. The predicted molar refractivity (Wildman–Crippen MR) is 81.9 cm³/mol. The third kappa shape index (κ3) is 2.76. The maximum absolute atomic E-state index is 12.9. The molecule has 0 saturated carbocycles. The van der Waals surface area contributed by atoms with Crippen LogP contribution < -0.4 is 0 Å². The fourth-order valence-electron chi connectivity index (χ4n) is 2.72. The lowest BCUT2D eigenvalue weighted by atomic mass is 10.0. The second kappa shape index (κ2) is 5.93. The van der Waals surface area contributed by atoms with Crippen LogP contribution in [-0.2, 0) is 19.4 Å². The molecule has 0 radical (unpaired) electrons. The summed E-state index contributed by atoms with van der Waals surface area (Å²) < 4.78 is 31.1. The molecule has 0 bridgehead atoms. The third-order valence-electron chi connectivity index (χ3n) is 3.83. The molecular weight excluding hydrogens is 300 g/mol. The molecule has 0 amide bonds. The standard InChI is InChI=1S/C17H16O4S/c18-16-12-11-15(17(21-16)13-7-3-1-4-8-13)22(19,20)14-9-5-2-6-10-14/h1-10,15,17H,11-12H2/t15-,17-/m1/s1. The van der Waals surface area contributed by atoms with Crippen LogP contribution in [0.4, 0.5) is 0 Å². The molecule has 1 heterocycles. The Morgan fingerprint density at radius 2 is 1.50 bits per heavy atom. The fraction of sp³-hybridized carbons (Fsp3) is 0.235. The summed E-state index contributed by atoms with van der Waals surface area (Å²) in [4.78, 5) is 11.9. The molecule has 1 saturated heterocycles. The highest BCUT2D eigenvalue weighted by Gasteiger charge is 2.41. The first-order valence-electron chi connectivity index (χ1n) is 7.12. The minimum Gasteiger partial charge on any atom is -0.456 e. The average Bonchev–Trinajstić information content (AvgIpc) is 2.56. The van der Waals surface area contributed by atoms with Crippen molar-refractivity contribution in [2.45, 2.75) is 29.1 Å². The summed E-state index contributed by atoms with van der Waals surface area (Å²) in [7, 11) is -3.56. The zero-order valence-corrected chi connectivity index (χ0v) is 12.7. The van der Waals surface area contributed by atoms with Crippen LogP contribution in [0, 0.1) is 0 Å². The van der Waals surface area contributed by atoms with Gasteiger partial charge < -0.3 is 4.74 Å². The summed E-state index contributed by atoms with van der Waals surface area (Å²) in [5.74, 6) is -0.353. The molecule has 114 valence electrons. The quantitative estimate of drug-likeness (QED) is 0.817. The number of sulfone groups is 1. The smallest absolute Gasteiger partial charge is 0.306 e. The number of carbonyl (C=O) groups excluding carboxylic acids is 1. The van der Waals surface area contributed by atoms with Crippen molar-refractivity contribution in [1.82, 2.24) is 0 Å². The minimum absolute atomic E-state index is 0.125. The van der Waals surface area contributed by atoms with Gasteiger partial charge in [0.1, 0.15) is 11.4 Å². The van der Waals surface area contributed by atoms with Crippen LogP contribution in [0.25, 0.3) is 0 Å². The number of hydrogen-bond acceptors (Lipinski definition) is 4. The van der Waals surface area contributed by atoms with Gasteiger partial charge in [-0.1, -0.05) is 48.5 Å². The second-order valence-corrected chi connectivity index (χ2v) is 7.42. The van der Waals surface area contributed by atoms with Crippen LogP contribution in [0.3, 0.4) is 0 Å². The Labute approximate surface area is 129 Å². The van der Waals surface area contributed by atoms with Crippen molar-refractivity contribution < 1.29 is 17.9 Å². The molecule has 1 aliphatic rings. The zero-order valence-electron chi connectivity index (χ0n) is 11.9. The summed E-state index contributed by atoms with van der Waals surface area (Å²) in [5, 5.41) is -0.755. The van der Waals surface area contributed by atoms with Gasteiger partial charge in [0.15, 0.2) is 9.84 Å². The number of hydrogen-bond donors (Lipinski definition) is 0. The third-order valence-corrected chi connectivity index (χ3v) is 6.04. The van der Waals surface area contributed by atoms with Crippen LogP contribution in [0.5, 0.6) is 0 Å². The van der Waals surface area contributed by atoms with E-state index in [1.54, 1.807) is 42.5 Å². The van der Waals surface area contributed by atoms with Crippen LogP contribution in [0.15, 0.2) is 65.6 Å². The molecule has 1 fully saturated rings. The van der Waals surface area contributed by atoms with Crippen molar-refractivity contribution in [2.75, 3.05) is 0 Å². The van der Waals surface area contributed by atoms with Crippen molar-refractivity contribution in [3.63, 3.8) is 0 Å². The molecule has 2 aromatic rings. The first-order chi connectivity index (χ1) is 10.6. The highest BCUT2D eigenvalue weighted by atomic mass is 32.2. The molecular formula is C17H16O4S. The summed E-state index contributed by atoms with van der Waals surface area (Å²) in [6.45, 7) is 0. The van der Waals surface area contributed by atoms with E-state index in [-0.39, 0.29) is 23.7 Å². The van der Waals surface area contributed by atoms with Crippen LogP contribution in [0.2, 0.25) is 0 Å². The summed E-state index contributed by atoms with van der Waals surface area (Å²) in [6.07, 6.45) is -0.358. The lowest BCUT2D eigenvalue weighted by Crippen LogP contribution is -2.36. The Morgan fingerprint density at radius 3 is 2.14 bits per heavy atom. The SMILES string of the molecule is O=C1CC[C@@H](S(=O)(=O)c2ccccc2)[C@@H](c2ccccc2)O1. The maximum atomic E-state index is 12.9. The first kappa shape index (κ1) is 14.8. The number of carbonyl (C=O) groups is 1. The van der Waals surface area contributed by atoms with Gasteiger partial charge in [-0.3, -0.25) is 4.79 Å². The lowest BCUT2D eigenvalue weighted by molar-refractivity contribution is -0.153. The molecule has 4 nitrogen and oxygen atoms in total. The number of esters is 1. The maximum Gasteiger partial charge on any atom is 0.306 e. The fourth-order valence-corrected chi connectivity index (χ4v) is 4.57. The van der Waals surface area contributed by atoms with Crippen molar-refractivity contribution in [3.8, 4) is 0 Å². The lowest BCUT2D eigenvalue weighted by Gasteiger charge is -2.31. The molecule has 0 aromatic heterocycles. The van der Waals surface area contributed by atoms with E-state index in [0.717, 1.165) is 0 Å². The van der Waals surface area contributed by atoms with Gasteiger partial charge in [0, 0.05) is 6.42 Å². The number of benzene rings is 2. The monoisotopic (exact) mass is 316 g/mol. The Balaban J connectivity index is 2.02. The number of ether oxygens (including phenoxy) is 1. The summed E-state index contributed by atoms with van der Waals surface area (Å²) in [5.41, 5.74) is 0.708. The molecule has 0 aliphatic carbocycles. The van der Waals surface area contributed by atoms with Crippen molar-refractivity contribution in [1.29, 1.82) is 0 Å². The Kier molecular flexibility index (Phi) is 3.98. The van der Waals surface area contributed by atoms with Crippen LogP contribution in [-0.4, -0.2) is 19.6 Å². The van der Waals surface area contributed by atoms with Crippen molar-refractivity contribution >= 4 is 15.8 Å². The van der Waals surface area contributed by atoms with E-state index >= 15 is 0 Å². The van der Waals surface area contributed by atoms with Gasteiger partial charge >= 0.3 is 5.97 Å². The second-order valence-electron chi connectivity index (χ2n) is 5.26. The highest BCUT2D eigenvalue weighted by molar-refractivity contribution is 7.92. The average molecular weight is 316 g/mol. The number of rotatable bonds is 3. The summed E-state index contributed by atoms with van der Waals surface area (Å²) in [6, 6.07) is 17.4. The Hall–Kier alpha value is -2.14. The van der Waals surface area contributed by atoms with Crippen molar-refractivity contribution in [2.24, 2.45) is 0 Å². The summed E-state index contributed by atoms with van der Waals surface area (Å²) >= 11 is 0.